The fraction of sp³-hybridized carbons (Fsp3) is 0.308. The topological polar surface area (TPSA) is 90.0 Å². The summed E-state index contributed by atoms with van der Waals surface area (Å²) in [6.45, 7) is 2.32. The van der Waals surface area contributed by atoms with E-state index in [4.69, 9.17) is 4.52 Å². The third-order valence-corrected chi connectivity index (χ3v) is 6.37. The number of rotatable bonds is 6. The molecule has 1 N–H and O–H groups in total. The molecule has 2 heterocycles. The number of aryl methyl sites for hydroxylation is 3. The van der Waals surface area contributed by atoms with E-state index < -0.39 is 0 Å². The minimum Gasteiger partial charge on any atom is -0.349 e. The molecule has 7 heteroatoms. The normalized spacial score (nSPS) is 15.4. The number of aromatic nitrogens is 3. The number of carbonyl (C=O) groups is 1. The van der Waals surface area contributed by atoms with Gasteiger partial charge in [0.2, 0.25) is 5.91 Å². The molecule has 0 unspecified atom stereocenters. The first-order chi connectivity index (χ1) is 16.1. The highest BCUT2D eigenvalue weighted by molar-refractivity contribution is 5.87. The minimum atomic E-state index is -0.334. The largest absolute Gasteiger partial charge is 0.349 e. The summed E-state index contributed by atoms with van der Waals surface area (Å²) >= 11 is 0. The van der Waals surface area contributed by atoms with Crippen molar-refractivity contribution in [1.29, 1.82) is 0 Å². The van der Waals surface area contributed by atoms with Crippen molar-refractivity contribution in [2.45, 2.75) is 51.6 Å². The lowest BCUT2D eigenvalue weighted by atomic mass is 9.88. The molecule has 1 amide bonds. The van der Waals surface area contributed by atoms with Crippen LogP contribution in [0.3, 0.4) is 0 Å². The van der Waals surface area contributed by atoms with Crippen LogP contribution in [0.25, 0.3) is 22.4 Å². The Bertz CT molecular complexity index is 1350. The van der Waals surface area contributed by atoms with Crippen molar-refractivity contribution in [3.63, 3.8) is 0 Å². The maximum atomic E-state index is 12.9. The van der Waals surface area contributed by atoms with Crippen molar-refractivity contribution in [1.82, 2.24) is 20.0 Å². The van der Waals surface area contributed by atoms with E-state index in [0.717, 1.165) is 31.2 Å². The summed E-state index contributed by atoms with van der Waals surface area (Å²) in [4.78, 5) is 29.9. The Morgan fingerprint density at radius 3 is 2.82 bits per heavy atom. The highest BCUT2D eigenvalue weighted by Crippen LogP contribution is 2.29. The Hall–Kier alpha value is -3.74. The van der Waals surface area contributed by atoms with Gasteiger partial charge < -0.3 is 9.84 Å². The van der Waals surface area contributed by atoms with Gasteiger partial charge in [0.25, 0.3) is 11.1 Å². The van der Waals surface area contributed by atoms with Crippen LogP contribution in [0.15, 0.2) is 64.2 Å². The van der Waals surface area contributed by atoms with Crippen LogP contribution < -0.4 is 10.9 Å². The fourth-order valence-electron chi connectivity index (χ4n) is 4.50. The number of nitrogens with zero attached hydrogens (tertiary/aromatic N) is 3. The van der Waals surface area contributed by atoms with Crippen molar-refractivity contribution < 1.29 is 9.32 Å². The van der Waals surface area contributed by atoms with E-state index in [-0.39, 0.29) is 36.1 Å². The lowest BCUT2D eigenvalue weighted by molar-refractivity contribution is -0.122. The molecule has 0 bridgehead atoms. The Kier molecular flexibility index (Phi) is 5.77. The highest BCUT2D eigenvalue weighted by atomic mass is 16.5. The molecular weight excluding hydrogens is 416 g/mol. The molecule has 1 aliphatic rings. The van der Waals surface area contributed by atoms with Gasteiger partial charge in [-0.15, -0.1) is 0 Å². The number of fused-ring (bicyclic) bond motifs is 2. The van der Waals surface area contributed by atoms with Gasteiger partial charge in [0.1, 0.15) is 11.2 Å². The Balaban J connectivity index is 1.29. The van der Waals surface area contributed by atoms with Crippen molar-refractivity contribution >= 4 is 17.0 Å². The molecule has 0 saturated heterocycles. The molecule has 5 rings (SSSR count). The fourth-order valence-corrected chi connectivity index (χ4v) is 4.50. The number of nitrogens with one attached hydrogen (secondary N) is 1. The lowest BCUT2D eigenvalue weighted by Crippen LogP contribution is -2.32. The average molecular weight is 443 g/mol. The zero-order chi connectivity index (χ0) is 22.8. The molecule has 4 aromatic rings. The molecule has 168 valence electrons. The van der Waals surface area contributed by atoms with E-state index in [1.165, 1.54) is 27.6 Å². The van der Waals surface area contributed by atoms with Crippen molar-refractivity contribution in [2.24, 2.45) is 0 Å². The molecule has 1 aliphatic carbocycles. The predicted octanol–water partition coefficient (Wildman–Crippen LogP) is 4.20. The quantitative estimate of drug-likeness (QED) is 0.483. The molecule has 0 fully saturated rings. The SMILES string of the molecule is CCc1ccc(-c2noc3c(=O)n(CCC(=O)N[C@@H]4CCCc5ccccc54)cnc23)cc1. The Morgan fingerprint density at radius 2 is 2.00 bits per heavy atom. The summed E-state index contributed by atoms with van der Waals surface area (Å²) in [5.74, 6) is -0.0852. The number of amides is 1. The molecule has 1 atom stereocenters. The molecule has 7 nitrogen and oxygen atoms in total. The van der Waals surface area contributed by atoms with E-state index in [1.807, 2.05) is 36.4 Å². The third kappa shape index (κ3) is 4.18. The van der Waals surface area contributed by atoms with Gasteiger partial charge >= 0.3 is 0 Å². The molecule has 33 heavy (non-hydrogen) atoms. The monoisotopic (exact) mass is 442 g/mol. The van der Waals surface area contributed by atoms with Gasteiger partial charge in [-0.2, -0.15) is 0 Å². The maximum absolute atomic E-state index is 12.9. The van der Waals surface area contributed by atoms with Gasteiger partial charge in [-0.3, -0.25) is 14.2 Å². The molecular formula is C26H26N4O3. The smallest absolute Gasteiger partial charge is 0.299 e. The standard InChI is InChI=1S/C26H26N4O3/c1-2-17-10-12-19(13-11-17)23-24-25(33-29-23)26(32)30(16-27-24)15-14-22(31)28-21-9-5-7-18-6-3-4-8-20(18)21/h3-4,6,8,10-13,16,21H,2,5,7,9,14-15H2,1H3,(H,28,31)/t21-/m1/s1. The first-order valence-corrected chi connectivity index (χ1v) is 11.5. The van der Waals surface area contributed by atoms with E-state index in [2.05, 4.69) is 34.5 Å². The first kappa shape index (κ1) is 21.1. The van der Waals surface area contributed by atoms with Crippen LogP contribution in [0.1, 0.15) is 48.9 Å². The van der Waals surface area contributed by atoms with Crippen LogP contribution in [-0.4, -0.2) is 20.6 Å². The van der Waals surface area contributed by atoms with Gasteiger partial charge in [-0.05, 0) is 42.4 Å². The molecule has 0 spiro atoms. The van der Waals surface area contributed by atoms with Crippen molar-refractivity contribution in [2.75, 3.05) is 0 Å². The van der Waals surface area contributed by atoms with Crippen molar-refractivity contribution in [3.05, 3.63) is 81.9 Å². The molecule has 2 aromatic carbocycles. The number of benzene rings is 2. The second-order valence-electron chi connectivity index (χ2n) is 8.46. The molecule has 0 saturated carbocycles. The minimum absolute atomic E-state index is 0.0238. The average Bonchev–Trinajstić information content (AvgIpc) is 3.29. The van der Waals surface area contributed by atoms with Gasteiger partial charge in [0.15, 0.2) is 0 Å². The van der Waals surface area contributed by atoms with E-state index >= 15 is 0 Å². The van der Waals surface area contributed by atoms with Gasteiger partial charge in [-0.1, -0.05) is 60.6 Å². The molecule has 0 aliphatic heterocycles. The van der Waals surface area contributed by atoms with E-state index in [1.54, 1.807) is 0 Å². The number of hydrogen-bond donors (Lipinski definition) is 1. The van der Waals surface area contributed by atoms with Crippen LogP contribution in [0.2, 0.25) is 0 Å². The summed E-state index contributed by atoms with van der Waals surface area (Å²) in [6.07, 6.45) is 5.63. The summed E-state index contributed by atoms with van der Waals surface area (Å²) in [5, 5.41) is 7.21. The van der Waals surface area contributed by atoms with Crippen LogP contribution >= 0.6 is 0 Å². The molecule has 2 aromatic heterocycles. The number of carbonyl (C=O) groups excluding carboxylic acids is 1. The van der Waals surface area contributed by atoms with Crippen LogP contribution in [0.5, 0.6) is 0 Å². The summed E-state index contributed by atoms with van der Waals surface area (Å²) < 4.78 is 6.76. The second-order valence-corrected chi connectivity index (χ2v) is 8.46. The summed E-state index contributed by atoms with van der Waals surface area (Å²) in [5.41, 5.74) is 5.31. The van der Waals surface area contributed by atoms with E-state index in [9.17, 15) is 9.59 Å². The third-order valence-electron chi connectivity index (χ3n) is 6.37. The zero-order valence-electron chi connectivity index (χ0n) is 18.6. The Labute approximate surface area is 191 Å². The second kappa shape index (κ2) is 9.02. The van der Waals surface area contributed by atoms with Gasteiger partial charge in [0, 0.05) is 18.5 Å². The van der Waals surface area contributed by atoms with E-state index in [0.29, 0.717) is 11.2 Å². The molecule has 0 radical (unpaired) electrons. The van der Waals surface area contributed by atoms with Crippen molar-refractivity contribution in [3.8, 4) is 11.3 Å². The zero-order valence-corrected chi connectivity index (χ0v) is 18.6. The van der Waals surface area contributed by atoms with Gasteiger partial charge in [0.05, 0.1) is 12.4 Å². The first-order valence-electron chi connectivity index (χ1n) is 11.5. The Morgan fingerprint density at radius 1 is 1.18 bits per heavy atom. The van der Waals surface area contributed by atoms with Crippen LogP contribution in [-0.2, 0) is 24.2 Å². The summed E-state index contributed by atoms with van der Waals surface area (Å²) in [6, 6.07) is 16.2. The maximum Gasteiger partial charge on any atom is 0.299 e. The highest BCUT2D eigenvalue weighted by Gasteiger charge is 2.22. The van der Waals surface area contributed by atoms with Crippen LogP contribution in [0, 0.1) is 0 Å². The van der Waals surface area contributed by atoms with Gasteiger partial charge in [-0.25, -0.2) is 4.98 Å². The lowest BCUT2D eigenvalue weighted by Gasteiger charge is -2.26. The number of hydrogen-bond acceptors (Lipinski definition) is 5. The summed E-state index contributed by atoms with van der Waals surface area (Å²) in [7, 11) is 0. The van der Waals surface area contributed by atoms with Crippen LogP contribution in [0.4, 0.5) is 0 Å². The predicted molar refractivity (Wildman–Crippen MR) is 126 cm³/mol.